The van der Waals surface area contributed by atoms with Crippen LogP contribution in [0.15, 0.2) is 52.9 Å². The van der Waals surface area contributed by atoms with Gasteiger partial charge in [-0.25, -0.2) is 18.0 Å². The summed E-state index contributed by atoms with van der Waals surface area (Å²) in [5, 5.41) is 2.05. The molecular weight excluding hydrogens is 507 g/mol. The van der Waals surface area contributed by atoms with E-state index in [0.717, 1.165) is 50.7 Å². The molecular formula is C29H33F3N5O2+. The zero-order chi connectivity index (χ0) is 27.1. The van der Waals surface area contributed by atoms with E-state index in [4.69, 9.17) is 0 Å². The Kier molecular flexibility index (Phi) is 7.07. The van der Waals surface area contributed by atoms with Gasteiger partial charge in [-0.05, 0) is 63.4 Å². The van der Waals surface area contributed by atoms with Crippen molar-refractivity contribution in [1.82, 2.24) is 18.9 Å². The number of quaternary nitrogens is 1. The van der Waals surface area contributed by atoms with Gasteiger partial charge in [0, 0.05) is 61.4 Å². The molecule has 0 unspecified atom stereocenters. The third-order valence-corrected chi connectivity index (χ3v) is 8.44. The largest absolute Gasteiger partial charge is 0.342 e. The Morgan fingerprint density at radius 2 is 1.67 bits per heavy atom. The molecule has 0 atom stereocenters. The van der Waals surface area contributed by atoms with Crippen molar-refractivity contribution in [3.05, 3.63) is 81.6 Å². The molecule has 0 bridgehead atoms. The lowest BCUT2D eigenvalue weighted by Gasteiger charge is -2.37. The molecule has 1 aromatic carbocycles. The number of likely N-dealkylation sites (tertiary alicyclic amines) is 2. The molecule has 2 N–H and O–H groups in total. The van der Waals surface area contributed by atoms with Crippen LogP contribution in [0.4, 0.5) is 13.2 Å². The molecule has 206 valence electrons. The highest BCUT2D eigenvalue weighted by Crippen LogP contribution is 2.32. The Balaban J connectivity index is 1.15. The number of imidazole rings is 1. The average molecular weight is 541 g/mol. The van der Waals surface area contributed by atoms with Crippen LogP contribution in [-0.2, 0) is 11.2 Å². The molecule has 4 aliphatic rings. The van der Waals surface area contributed by atoms with Gasteiger partial charge in [0.1, 0.15) is 23.7 Å². The Hall–Kier alpha value is -3.37. The lowest BCUT2D eigenvalue weighted by atomic mass is 9.93. The van der Waals surface area contributed by atoms with Crippen molar-refractivity contribution in [1.29, 1.82) is 0 Å². The molecule has 6 rings (SSSR count). The Bertz CT molecular complexity index is 1400. The van der Waals surface area contributed by atoms with Crippen molar-refractivity contribution in [2.75, 3.05) is 32.7 Å². The number of nitrogens with zero attached hydrogens (tertiary/aromatic N) is 4. The van der Waals surface area contributed by atoms with E-state index in [9.17, 15) is 22.8 Å². The zero-order valence-corrected chi connectivity index (χ0v) is 21.8. The summed E-state index contributed by atoms with van der Waals surface area (Å²) >= 11 is 0. The van der Waals surface area contributed by atoms with Gasteiger partial charge in [0.25, 0.3) is 0 Å². The lowest BCUT2D eigenvalue weighted by molar-refractivity contribution is -0.510. The van der Waals surface area contributed by atoms with Crippen molar-refractivity contribution in [2.45, 2.75) is 44.6 Å². The van der Waals surface area contributed by atoms with Gasteiger partial charge >= 0.3 is 5.69 Å². The number of allylic oxidation sites excluding steroid dienone is 1. The van der Waals surface area contributed by atoms with Crippen LogP contribution < -0.4 is 11.0 Å². The van der Waals surface area contributed by atoms with Gasteiger partial charge in [0.2, 0.25) is 5.91 Å². The summed E-state index contributed by atoms with van der Waals surface area (Å²) in [6, 6.07) is 2.74. The van der Waals surface area contributed by atoms with Crippen LogP contribution >= 0.6 is 0 Å². The van der Waals surface area contributed by atoms with Crippen LogP contribution in [0, 0.1) is 17.6 Å². The van der Waals surface area contributed by atoms with Crippen LogP contribution in [0.2, 0.25) is 0 Å². The highest BCUT2D eigenvalue weighted by molar-refractivity contribution is 5.79. The van der Waals surface area contributed by atoms with Crippen molar-refractivity contribution in [3.8, 4) is 5.69 Å². The Morgan fingerprint density at radius 3 is 2.33 bits per heavy atom. The maximum absolute atomic E-state index is 14.3. The zero-order valence-electron chi connectivity index (χ0n) is 21.8. The molecule has 1 amide bonds. The number of carbonyl (C=O) groups is 1. The minimum absolute atomic E-state index is 0.0185. The highest BCUT2D eigenvalue weighted by Gasteiger charge is 2.34. The van der Waals surface area contributed by atoms with E-state index in [-0.39, 0.29) is 35.8 Å². The first-order chi connectivity index (χ1) is 18.9. The van der Waals surface area contributed by atoms with E-state index >= 15 is 0 Å². The first-order valence-electron chi connectivity index (χ1n) is 13.8. The number of hydrogen-bond donors (Lipinski definition) is 1. The first kappa shape index (κ1) is 25.9. The fraction of sp³-hybridized carbons (Fsp3) is 0.448. The number of fused-ring (bicyclic) bond motifs is 1. The summed E-state index contributed by atoms with van der Waals surface area (Å²) in [5.41, 5.74) is 1.91. The van der Waals surface area contributed by atoms with Crippen LogP contribution in [0.5, 0.6) is 0 Å². The number of rotatable bonds is 5. The summed E-state index contributed by atoms with van der Waals surface area (Å²) < 4.78 is 45.2. The molecule has 0 radical (unpaired) electrons. The number of piperidine rings is 2. The standard InChI is InChI=1S/C29H32F3N5O2/c30-21-1-2-26-27(16-21)37(25-14-22(31)13-23(32)15-25)29(39)36(26)24-6-11-35(12-7-24)28(38)20-4-9-34(10-5-20)18-19-3-8-33-17-19/h3,8,13-17,20,24,33H,1-2,4-7,9-12,18H2/p+1. The van der Waals surface area contributed by atoms with E-state index in [1.807, 2.05) is 16.4 Å². The topological polar surface area (TPSA) is 67.1 Å². The predicted molar refractivity (Wildman–Crippen MR) is 141 cm³/mol. The molecule has 0 saturated carbocycles. The van der Waals surface area contributed by atoms with Gasteiger partial charge in [-0.3, -0.25) is 24.1 Å². The SMILES string of the molecule is O=C(C1CCN(CC2=C[NH2+]C=C2)CC1)N1CCC(n2c3c(n(-c4cc(F)cc(F)c4)c2=O)C=C(F)CC3)CC1. The summed E-state index contributed by atoms with van der Waals surface area (Å²) in [6.07, 6.45) is 11.0. The minimum atomic E-state index is -0.803. The molecule has 2 saturated heterocycles. The smallest absolute Gasteiger partial charge is 0.333 e. The van der Waals surface area contributed by atoms with Crippen molar-refractivity contribution in [3.63, 3.8) is 0 Å². The van der Waals surface area contributed by atoms with E-state index < -0.39 is 17.3 Å². The molecule has 4 heterocycles. The first-order valence-corrected chi connectivity index (χ1v) is 13.8. The number of amides is 1. The Morgan fingerprint density at radius 1 is 0.949 bits per heavy atom. The second kappa shape index (κ2) is 10.7. The number of benzene rings is 1. The monoisotopic (exact) mass is 540 g/mol. The molecule has 10 heteroatoms. The summed E-state index contributed by atoms with van der Waals surface area (Å²) in [4.78, 5) is 31.3. The van der Waals surface area contributed by atoms with Gasteiger partial charge in [-0.2, -0.15) is 0 Å². The fourth-order valence-corrected chi connectivity index (χ4v) is 6.45. The van der Waals surface area contributed by atoms with Gasteiger partial charge < -0.3 is 4.90 Å². The van der Waals surface area contributed by atoms with E-state index in [1.54, 1.807) is 4.57 Å². The molecule has 1 aliphatic carbocycles. The van der Waals surface area contributed by atoms with E-state index in [0.29, 0.717) is 43.7 Å². The van der Waals surface area contributed by atoms with Crippen LogP contribution in [-0.4, -0.2) is 57.6 Å². The van der Waals surface area contributed by atoms with Gasteiger partial charge in [-0.1, -0.05) is 0 Å². The number of aromatic nitrogens is 2. The lowest BCUT2D eigenvalue weighted by Crippen LogP contribution is -2.69. The molecule has 2 aromatic rings. The summed E-state index contributed by atoms with van der Waals surface area (Å²) in [7, 11) is 0. The number of carbonyl (C=O) groups excluding carboxylic acids is 1. The van der Waals surface area contributed by atoms with Crippen molar-refractivity contribution >= 4 is 12.0 Å². The Labute approximate surface area is 224 Å². The molecule has 1 aromatic heterocycles. The van der Waals surface area contributed by atoms with Crippen LogP contribution in [0.1, 0.15) is 49.5 Å². The van der Waals surface area contributed by atoms with Crippen molar-refractivity contribution in [2.24, 2.45) is 5.92 Å². The van der Waals surface area contributed by atoms with Gasteiger partial charge in [0.05, 0.1) is 17.6 Å². The van der Waals surface area contributed by atoms with E-state index in [2.05, 4.69) is 17.2 Å². The number of nitrogens with two attached hydrogens (primary N) is 1. The summed E-state index contributed by atoms with van der Waals surface area (Å²) in [6.45, 7) is 3.81. The summed E-state index contributed by atoms with van der Waals surface area (Å²) in [5.74, 6) is -1.77. The third-order valence-electron chi connectivity index (χ3n) is 8.44. The maximum Gasteiger partial charge on any atom is 0.333 e. The van der Waals surface area contributed by atoms with Gasteiger partial charge in [0.15, 0.2) is 0 Å². The normalized spacial score (nSPS) is 20.7. The highest BCUT2D eigenvalue weighted by atomic mass is 19.1. The second-order valence-electron chi connectivity index (χ2n) is 10.9. The average Bonchev–Trinajstić information content (AvgIpc) is 3.53. The molecule has 2 fully saturated rings. The maximum atomic E-state index is 14.3. The second-order valence-corrected chi connectivity index (χ2v) is 10.9. The molecule has 7 nitrogen and oxygen atoms in total. The number of halogens is 3. The van der Waals surface area contributed by atoms with E-state index in [1.165, 1.54) is 16.2 Å². The minimum Gasteiger partial charge on any atom is -0.342 e. The third kappa shape index (κ3) is 5.15. The van der Waals surface area contributed by atoms with Crippen molar-refractivity contribution < 1.29 is 23.3 Å². The van der Waals surface area contributed by atoms with Gasteiger partial charge in [-0.15, -0.1) is 0 Å². The fourth-order valence-electron chi connectivity index (χ4n) is 6.45. The molecule has 0 spiro atoms. The predicted octanol–water partition coefficient (Wildman–Crippen LogP) is 3.02. The molecule has 3 aliphatic heterocycles. The van der Waals surface area contributed by atoms with Crippen LogP contribution in [0.25, 0.3) is 11.8 Å². The number of hydrogen-bond acceptors (Lipinski definition) is 3. The van der Waals surface area contributed by atoms with Crippen LogP contribution in [0.3, 0.4) is 0 Å². The quantitative estimate of drug-likeness (QED) is 0.634. The molecule has 39 heavy (non-hydrogen) atoms.